The van der Waals surface area contributed by atoms with Crippen LogP contribution < -0.4 is 18.9 Å². The van der Waals surface area contributed by atoms with Crippen molar-refractivity contribution in [2.45, 2.75) is 58.4 Å². The largest absolute Gasteiger partial charge is 0.493 e. The smallest absolute Gasteiger partial charge is 0.197 e. The molecule has 0 atom stereocenters. The fourth-order valence-electron chi connectivity index (χ4n) is 4.46. The Balaban J connectivity index is 1.94. The molecule has 1 aliphatic rings. The van der Waals surface area contributed by atoms with E-state index < -0.39 is 11.2 Å². The van der Waals surface area contributed by atoms with E-state index in [1.165, 1.54) is 19.1 Å². The zero-order valence-electron chi connectivity index (χ0n) is 23.6. The molecule has 1 N–H and O–H groups in total. The number of hydrogen-bond donors (Lipinski definition) is 1. The van der Waals surface area contributed by atoms with E-state index in [0.29, 0.717) is 54.9 Å². The molecular weight excluding hydrogens is 515 g/mol. The fraction of sp³-hybridized carbons (Fsp3) is 0.467. The monoisotopic (exact) mass is 550 g/mol. The van der Waals surface area contributed by atoms with Crippen molar-refractivity contribution in [1.29, 1.82) is 15.9 Å². The summed E-state index contributed by atoms with van der Waals surface area (Å²) in [4.78, 5) is 15.1. The molecule has 212 valence electrons. The predicted molar refractivity (Wildman–Crippen MR) is 147 cm³/mol. The first kappa shape index (κ1) is 30.2. The molecular formula is C30H35FN4O5. The van der Waals surface area contributed by atoms with Gasteiger partial charge in [0, 0.05) is 30.5 Å². The first-order chi connectivity index (χ1) is 19.1. The van der Waals surface area contributed by atoms with Gasteiger partial charge in [-0.3, -0.25) is 10.2 Å². The van der Waals surface area contributed by atoms with Gasteiger partial charge >= 0.3 is 0 Å². The van der Waals surface area contributed by atoms with Gasteiger partial charge < -0.3 is 23.8 Å². The standard InChI is InChI=1S/C30H35FN4O5/c1-30(2,3)21-14-19(15-24(39-12-8-6-10-32)27(21)40-13-9-7-11-33)22(36)18-35-17-20-16-23(37-4)28(38-5)26(31)25(20)29(35)34/h14-16,34H,6-9,12-13,17-18H2,1-5H3. The van der Waals surface area contributed by atoms with E-state index in [-0.39, 0.29) is 48.4 Å². The molecule has 0 amide bonds. The molecule has 0 saturated carbocycles. The summed E-state index contributed by atoms with van der Waals surface area (Å²) in [6, 6.07) is 9.20. The van der Waals surface area contributed by atoms with Gasteiger partial charge in [0.2, 0.25) is 0 Å². The van der Waals surface area contributed by atoms with Gasteiger partial charge in [0.25, 0.3) is 0 Å². The molecule has 1 heterocycles. The van der Waals surface area contributed by atoms with Crippen LogP contribution in [0.25, 0.3) is 0 Å². The minimum atomic E-state index is -0.697. The summed E-state index contributed by atoms with van der Waals surface area (Å²) in [5.74, 6) is -0.0653. The lowest BCUT2D eigenvalue weighted by Crippen LogP contribution is -2.30. The Morgan fingerprint density at radius 2 is 1.65 bits per heavy atom. The molecule has 40 heavy (non-hydrogen) atoms. The summed E-state index contributed by atoms with van der Waals surface area (Å²) in [6.45, 7) is 6.56. The first-order valence-corrected chi connectivity index (χ1v) is 13.1. The van der Waals surface area contributed by atoms with Crippen LogP contribution in [0.2, 0.25) is 0 Å². The Hall–Kier alpha value is -4.31. The van der Waals surface area contributed by atoms with Crippen molar-refractivity contribution in [1.82, 2.24) is 4.90 Å². The summed E-state index contributed by atoms with van der Waals surface area (Å²) in [6.07, 6.45) is 1.72. The molecule has 3 rings (SSSR count). The number of nitriles is 2. The number of ketones is 1. The highest BCUT2D eigenvalue weighted by Crippen LogP contribution is 2.41. The normalized spacial score (nSPS) is 12.4. The summed E-state index contributed by atoms with van der Waals surface area (Å²) < 4.78 is 37.6. The van der Waals surface area contributed by atoms with Gasteiger partial charge in [0.1, 0.15) is 5.84 Å². The maximum Gasteiger partial charge on any atom is 0.197 e. The van der Waals surface area contributed by atoms with Crippen molar-refractivity contribution >= 4 is 11.6 Å². The van der Waals surface area contributed by atoms with E-state index in [1.807, 2.05) is 20.8 Å². The maximum atomic E-state index is 15.2. The molecule has 0 aliphatic carbocycles. The van der Waals surface area contributed by atoms with Gasteiger partial charge in [-0.15, -0.1) is 0 Å². The summed E-state index contributed by atoms with van der Waals surface area (Å²) in [5, 5.41) is 26.4. The molecule has 10 heteroatoms. The Morgan fingerprint density at radius 3 is 2.23 bits per heavy atom. The van der Waals surface area contributed by atoms with Crippen molar-refractivity contribution in [2.75, 3.05) is 34.0 Å². The quantitative estimate of drug-likeness (QED) is 0.255. The SMILES string of the molecule is COc1cc2c(c(F)c1OC)C(=N)N(CC(=O)c1cc(OCCCC#N)c(OCCCC#N)c(C(C)(C)C)c1)C2. The summed E-state index contributed by atoms with van der Waals surface area (Å²) >= 11 is 0. The summed E-state index contributed by atoms with van der Waals surface area (Å²) in [7, 11) is 2.74. The van der Waals surface area contributed by atoms with Crippen LogP contribution in [0.3, 0.4) is 0 Å². The highest BCUT2D eigenvalue weighted by Gasteiger charge is 2.33. The average molecular weight is 551 g/mol. The van der Waals surface area contributed by atoms with Crippen LogP contribution in [0, 0.1) is 33.9 Å². The van der Waals surface area contributed by atoms with Gasteiger partial charge in [0.15, 0.2) is 34.6 Å². The zero-order valence-corrected chi connectivity index (χ0v) is 23.6. The highest BCUT2D eigenvalue weighted by atomic mass is 19.1. The second-order valence-electron chi connectivity index (χ2n) is 10.4. The van der Waals surface area contributed by atoms with Crippen LogP contribution in [0.5, 0.6) is 23.0 Å². The number of nitrogens with zero attached hydrogens (tertiary/aromatic N) is 3. The van der Waals surface area contributed by atoms with Gasteiger partial charge in [-0.2, -0.15) is 10.5 Å². The van der Waals surface area contributed by atoms with Crippen molar-refractivity contribution in [3.05, 3.63) is 46.3 Å². The zero-order chi connectivity index (χ0) is 29.4. The molecule has 1 aliphatic heterocycles. The number of halogens is 1. The van der Waals surface area contributed by atoms with Gasteiger partial charge in [-0.05, 0) is 42.0 Å². The number of carbonyl (C=O) groups is 1. The van der Waals surface area contributed by atoms with Crippen LogP contribution in [0.15, 0.2) is 18.2 Å². The Labute approximate surface area is 234 Å². The molecule has 0 spiro atoms. The minimum absolute atomic E-state index is 0.0856. The van der Waals surface area contributed by atoms with Crippen LogP contribution in [-0.2, 0) is 12.0 Å². The number of carbonyl (C=O) groups excluding carboxylic acids is 1. The molecule has 0 unspecified atom stereocenters. The Kier molecular flexibility index (Phi) is 9.95. The first-order valence-electron chi connectivity index (χ1n) is 13.1. The molecule has 2 aromatic rings. The van der Waals surface area contributed by atoms with Crippen molar-refractivity contribution in [3.63, 3.8) is 0 Å². The van der Waals surface area contributed by atoms with Crippen molar-refractivity contribution in [3.8, 4) is 35.1 Å². The fourth-order valence-corrected chi connectivity index (χ4v) is 4.46. The number of amidine groups is 1. The van der Waals surface area contributed by atoms with Crippen molar-refractivity contribution in [2.24, 2.45) is 0 Å². The van der Waals surface area contributed by atoms with E-state index in [9.17, 15) is 4.79 Å². The predicted octanol–water partition coefficient (Wildman–Crippen LogP) is 5.53. The summed E-state index contributed by atoms with van der Waals surface area (Å²) in [5.41, 5.74) is 1.32. The molecule has 0 radical (unpaired) electrons. The number of unbranched alkanes of at least 4 members (excludes halogenated alkanes) is 2. The Morgan fingerprint density at radius 1 is 1.00 bits per heavy atom. The maximum absolute atomic E-state index is 15.2. The molecule has 0 saturated heterocycles. The van der Waals surface area contributed by atoms with Crippen LogP contribution >= 0.6 is 0 Å². The van der Waals surface area contributed by atoms with Crippen molar-refractivity contribution < 1.29 is 28.1 Å². The number of benzene rings is 2. The number of rotatable bonds is 13. The number of fused-ring (bicyclic) bond motifs is 1. The number of methoxy groups -OCH3 is 2. The second-order valence-corrected chi connectivity index (χ2v) is 10.4. The van der Waals surface area contributed by atoms with E-state index in [4.69, 9.17) is 34.9 Å². The van der Waals surface area contributed by atoms with E-state index in [2.05, 4.69) is 12.1 Å². The average Bonchev–Trinajstić information content (AvgIpc) is 3.23. The molecule has 9 nitrogen and oxygen atoms in total. The van der Waals surface area contributed by atoms with E-state index in [0.717, 1.165) is 5.56 Å². The third kappa shape index (κ3) is 6.63. The van der Waals surface area contributed by atoms with E-state index in [1.54, 1.807) is 18.2 Å². The second kappa shape index (κ2) is 13.2. The lowest BCUT2D eigenvalue weighted by Gasteiger charge is -2.26. The van der Waals surface area contributed by atoms with Gasteiger partial charge in [0.05, 0.1) is 51.7 Å². The molecule has 0 aromatic heterocycles. The molecule has 0 fully saturated rings. The number of ether oxygens (including phenoxy) is 4. The Bertz CT molecular complexity index is 1350. The molecule has 0 bridgehead atoms. The number of Topliss-reactive ketones (excluding diaryl/α,β-unsaturated/α-hetero) is 1. The lowest BCUT2D eigenvalue weighted by atomic mass is 9.84. The van der Waals surface area contributed by atoms with Crippen LogP contribution in [-0.4, -0.2) is 50.5 Å². The van der Waals surface area contributed by atoms with Gasteiger partial charge in [-0.25, -0.2) is 4.39 Å². The van der Waals surface area contributed by atoms with Gasteiger partial charge in [-0.1, -0.05) is 20.8 Å². The molecule has 2 aromatic carbocycles. The third-order valence-electron chi connectivity index (χ3n) is 6.50. The van der Waals surface area contributed by atoms with Crippen LogP contribution in [0.4, 0.5) is 4.39 Å². The lowest BCUT2D eigenvalue weighted by molar-refractivity contribution is 0.0962. The van der Waals surface area contributed by atoms with Crippen LogP contribution in [0.1, 0.15) is 73.5 Å². The minimum Gasteiger partial charge on any atom is -0.493 e. The van der Waals surface area contributed by atoms with E-state index >= 15 is 4.39 Å². The topological polar surface area (TPSA) is 129 Å². The number of nitrogens with one attached hydrogen (secondary N) is 1. The highest BCUT2D eigenvalue weighted by molar-refractivity contribution is 6.06. The third-order valence-corrected chi connectivity index (χ3v) is 6.50. The number of hydrogen-bond acceptors (Lipinski definition) is 8.